The van der Waals surface area contributed by atoms with Crippen molar-refractivity contribution in [2.75, 3.05) is 0 Å². The molecule has 2 nitrogen and oxygen atoms in total. The van der Waals surface area contributed by atoms with Crippen LogP contribution >= 0.6 is 0 Å². The molecule has 1 aromatic rings. The molecule has 13 heavy (non-hydrogen) atoms. The van der Waals surface area contributed by atoms with E-state index in [1.54, 1.807) is 0 Å². The van der Waals surface area contributed by atoms with E-state index in [0.717, 1.165) is 5.56 Å². The summed E-state index contributed by atoms with van der Waals surface area (Å²) in [6.45, 7) is 1.92. The average molecular weight is 177 g/mol. The van der Waals surface area contributed by atoms with Gasteiger partial charge in [0, 0.05) is 6.42 Å². The van der Waals surface area contributed by atoms with Crippen molar-refractivity contribution < 1.29 is 4.79 Å². The Morgan fingerprint density at radius 3 is 2.54 bits per heavy atom. The third-order valence-electron chi connectivity index (χ3n) is 2.07. The van der Waals surface area contributed by atoms with Crippen LogP contribution in [0.5, 0.6) is 0 Å². The number of hydrogen-bond acceptors (Lipinski definition) is 2. The smallest absolute Gasteiger partial charge is 0.153 e. The van der Waals surface area contributed by atoms with E-state index in [4.69, 9.17) is 5.73 Å². The number of Topliss-reactive ketones (excluding diaryl/α,β-unsaturated/α-hetero) is 1. The highest BCUT2D eigenvalue weighted by Crippen LogP contribution is 2.02. The lowest BCUT2D eigenvalue weighted by atomic mass is 10.0. The minimum Gasteiger partial charge on any atom is -0.322 e. The number of carbonyl (C=O) groups excluding carboxylic acids is 1. The quantitative estimate of drug-likeness (QED) is 0.758. The maximum absolute atomic E-state index is 11.4. The zero-order valence-electron chi connectivity index (χ0n) is 7.86. The van der Waals surface area contributed by atoms with Gasteiger partial charge in [0.25, 0.3) is 0 Å². The SMILES string of the molecule is CCC(N)C(=O)Cc1ccccc1. The maximum Gasteiger partial charge on any atom is 0.153 e. The van der Waals surface area contributed by atoms with Gasteiger partial charge in [-0.15, -0.1) is 0 Å². The summed E-state index contributed by atoms with van der Waals surface area (Å²) in [5.74, 6) is 0.119. The molecule has 1 atom stereocenters. The number of benzene rings is 1. The van der Waals surface area contributed by atoms with Gasteiger partial charge in [-0.1, -0.05) is 37.3 Å². The predicted molar refractivity (Wildman–Crippen MR) is 53.4 cm³/mol. The molecule has 0 saturated carbocycles. The minimum atomic E-state index is -0.305. The van der Waals surface area contributed by atoms with Crippen LogP contribution in [0.25, 0.3) is 0 Å². The molecule has 0 heterocycles. The number of nitrogens with two attached hydrogens (primary N) is 1. The number of carbonyl (C=O) groups is 1. The maximum atomic E-state index is 11.4. The first-order valence-corrected chi connectivity index (χ1v) is 4.56. The van der Waals surface area contributed by atoms with Gasteiger partial charge in [0.1, 0.15) is 0 Å². The molecule has 0 aliphatic rings. The zero-order valence-corrected chi connectivity index (χ0v) is 7.86. The fourth-order valence-corrected chi connectivity index (χ4v) is 1.16. The van der Waals surface area contributed by atoms with Crippen molar-refractivity contribution in [3.8, 4) is 0 Å². The molecule has 0 bridgehead atoms. The molecule has 2 N–H and O–H groups in total. The monoisotopic (exact) mass is 177 g/mol. The first kappa shape index (κ1) is 9.93. The normalized spacial score (nSPS) is 12.5. The van der Waals surface area contributed by atoms with Crippen LogP contribution in [0.4, 0.5) is 0 Å². The fourth-order valence-electron chi connectivity index (χ4n) is 1.16. The number of rotatable bonds is 4. The number of hydrogen-bond donors (Lipinski definition) is 1. The van der Waals surface area contributed by atoms with Crippen LogP contribution in [-0.4, -0.2) is 11.8 Å². The van der Waals surface area contributed by atoms with Crippen LogP contribution in [0.2, 0.25) is 0 Å². The van der Waals surface area contributed by atoms with E-state index in [9.17, 15) is 4.79 Å². The van der Waals surface area contributed by atoms with E-state index >= 15 is 0 Å². The summed E-state index contributed by atoms with van der Waals surface area (Å²) >= 11 is 0. The summed E-state index contributed by atoms with van der Waals surface area (Å²) in [7, 11) is 0. The highest BCUT2D eigenvalue weighted by atomic mass is 16.1. The molecular formula is C11H15NO. The molecule has 0 amide bonds. The Balaban J connectivity index is 2.55. The highest BCUT2D eigenvalue weighted by molar-refractivity contribution is 5.85. The molecule has 0 aromatic heterocycles. The Morgan fingerprint density at radius 2 is 2.00 bits per heavy atom. The average Bonchev–Trinajstić information content (AvgIpc) is 2.18. The lowest BCUT2D eigenvalue weighted by molar-refractivity contribution is -0.119. The van der Waals surface area contributed by atoms with Gasteiger partial charge in [0.15, 0.2) is 5.78 Å². The third kappa shape index (κ3) is 2.99. The molecule has 1 aromatic carbocycles. The molecule has 1 rings (SSSR count). The molecule has 0 radical (unpaired) electrons. The van der Waals surface area contributed by atoms with Gasteiger partial charge in [-0.3, -0.25) is 4.79 Å². The fraction of sp³-hybridized carbons (Fsp3) is 0.364. The Labute approximate surface area is 78.8 Å². The Hall–Kier alpha value is -1.15. The lowest BCUT2D eigenvalue weighted by Gasteiger charge is -2.06. The van der Waals surface area contributed by atoms with E-state index in [-0.39, 0.29) is 11.8 Å². The second-order valence-electron chi connectivity index (χ2n) is 3.14. The first-order valence-electron chi connectivity index (χ1n) is 4.56. The highest BCUT2D eigenvalue weighted by Gasteiger charge is 2.10. The van der Waals surface area contributed by atoms with E-state index in [1.807, 2.05) is 37.3 Å². The Bertz CT molecular complexity index is 269. The Morgan fingerprint density at radius 1 is 1.38 bits per heavy atom. The third-order valence-corrected chi connectivity index (χ3v) is 2.07. The van der Waals surface area contributed by atoms with Crippen molar-refractivity contribution in [2.45, 2.75) is 25.8 Å². The van der Waals surface area contributed by atoms with E-state index in [2.05, 4.69) is 0 Å². The van der Waals surface area contributed by atoms with Crippen LogP contribution in [-0.2, 0) is 11.2 Å². The first-order chi connectivity index (χ1) is 6.24. The summed E-state index contributed by atoms with van der Waals surface area (Å²) in [5.41, 5.74) is 6.65. The van der Waals surface area contributed by atoms with Crippen molar-refractivity contribution in [3.63, 3.8) is 0 Å². The predicted octanol–water partition coefficient (Wildman–Crippen LogP) is 1.54. The molecule has 1 unspecified atom stereocenters. The summed E-state index contributed by atoms with van der Waals surface area (Å²) in [6.07, 6.45) is 1.17. The van der Waals surface area contributed by atoms with Crippen LogP contribution in [0.15, 0.2) is 30.3 Å². The van der Waals surface area contributed by atoms with Crippen LogP contribution in [0.1, 0.15) is 18.9 Å². The molecule has 0 aliphatic heterocycles. The van der Waals surface area contributed by atoms with E-state index in [0.29, 0.717) is 12.8 Å². The molecule has 0 spiro atoms. The summed E-state index contributed by atoms with van der Waals surface area (Å²) in [5, 5.41) is 0. The molecular weight excluding hydrogens is 162 g/mol. The molecule has 0 saturated heterocycles. The van der Waals surface area contributed by atoms with Gasteiger partial charge in [0.05, 0.1) is 6.04 Å². The van der Waals surface area contributed by atoms with Crippen LogP contribution < -0.4 is 5.73 Å². The molecule has 70 valence electrons. The van der Waals surface area contributed by atoms with Crippen LogP contribution in [0, 0.1) is 0 Å². The van der Waals surface area contributed by atoms with Gasteiger partial charge in [-0.25, -0.2) is 0 Å². The minimum absolute atomic E-state index is 0.119. The van der Waals surface area contributed by atoms with Gasteiger partial charge in [-0.05, 0) is 12.0 Å². The molecule has 2 heteroatoms. The summed E-state index contributed by atoms with van der Waals surface area (Å²) < 4.78 is 0. The van der Waals surface area contributed by atoms with Gasteiger partial charge in [-0.2, -0.15) is 0 Å². The summed E-state index contributed by atoms with van der Waals surface area (Å²) in [4.78, 5) is 11.4. The molecule has 0 fully saturated rings. The summed E-state index contributed by atoms with van der Waals surface area (Å²) in [6, 6.07) is 9.38. The number of ketones is 1. The van der Waals surface area contributed by atoms with Gasteiger partial charge < -0.3 is 5.73 Å². The second kappa shape index (κ2) is 4.77. The lowest BCUT2D eigenvalue weighted by Crippen LogP contribution is -2.30. The standard InChI is InChI=1S/C11H15NO/c1-2-10(12)11(13)8-9-6-4-3-5-7-9/h3-7,10H,2,8,12H2,1H3. The van der Waals surface area contributed by atoms with Crippen LogP contribution in [0.3, 0.4) is 0 Å². The zero-order chi connectivity index (χ0) is 9.68. The van der Waals surface area contributed by atoms with E-state index < -0.39 is 0 Å². The van der Waals surface area contributed by atoms with Crippen molar-refractivity contribution >= 4 is 5.78 Å². The van der Waals surface area contributed by atoms with Crippen molar-refractivity contribution in [3.05, 3.63) is 35.9 Å². The van der Waals surface area contributed by atoms with Crippen molar-refractivity contribution in [1.82, 2.24) is 0 Å². The van der Waals surface area contributed by atoms with Gasteiger partial charge >= 0.3 is 0 Å². The van der Waals surface area contributed by atoms with E-state index in [1.165, 1.54) is 0 Å². The van der Waals surface area contributed by atoms with Crippen molar-refractivity contribution in [1.29, 1.82) is 0 Å². The molecule has 0 aliphatic carbocycles. The van der Waals surface area contributed by atoms with Gasteiger partial charge in [0.2, 0.25) is 0 Å². The largest absolute Gasteiger partial charge is 0.322 e. The Kier molecular flexibility index (Phi) is 3.65. The topological polar surface area (TPSA) is 43.1 Å². The second-order valence-corrected chi connectivity index (χ2v) is 3.14. The van der Waals surface area contributed by atoms with Crippen molar-refractivity contribution in [2.24, 2.45) is 5.73 Å².